The molecule has 0 aromatic heterocycles. The molecule has 1 unspecified atom stereocenters. The van der Waals surface area contributed by atoms with Crippen molar-refractivity contribution in [3.63, 3.8) is 0 Å². The van der Waals surface area contributed by atoms with Crippen molar-refractivity contribution >= 4 is 0 Å². The highest BCUT2D eigenvalue weighted by molar-refractivity contribution is 5.28. The monoisotopic (exact) mass is 246 g/mol. The van der Waals surface area contributed by atoms with E-state index in [0.717, 1.165) is 19.6 Å². The minimum absolute atomic E-state index is 0.244. The van der Waals surface area contributed by atoms with Crippen LogP contribution >= 0.6 is 0 Å². The predicted molar refractivity (Wildman–Crippen MR) is 77.5 cm³/mol. The average molecular weight is 246 g/mol. The first-order chi connectivity index (χ1) is 8.52. The van der Waals surface area contributed by atoms with Crippen molar-refractivity contribution in [3.8, 4) is 0 Å². The number of nitrogens with zero attached hydrogens (tertiary/aromatic N) is 1. The molecule has 0 saturated carbocycles. The average Bonchev–Trinajstić information content (AvgIpc) is 2.50. The molecule has 0 amide bonds. The van der Waals surface area contributed by atoms with Gasteiger partial charge in [-0.2, -0.15) is 0 Å². The lowest BCUT2D eigenvalue weighted by Crippen LogP contribution is -2.48. The Morgan fingerprint density at radius 1 is 1.22 bits per heavy atom. The van der Waals surface area contributed by atoms with E-state index >= 15 is 0 Å². The Morgan fingerprint density at radius 3 is 2.50 bits per heavy atom. The molecule has 0 saturated heterocycles. The van der Waals surface area contributed by atoms with Crippen molar-refractivity contribution in [3.05, 3.63) is 35.4 Å². The summed E-state index contributed by atoms with van der Waals surface area (Å²) in [4.78, 5) is 2.58. The van der Waals surface area contributed by atoms with Gasteiger partial charge in [-0.1, -0.05) is 45.0 Å². The highest BCUT2D eigenvalue weighted by Gasteiger charge is 2.30. The summed E-state index contributed by atoms with van der Waals surface area (Å²) >= 11 is 0. The zero-order valence-corrected chi connectivity index (χ0v) is 11.9. The van der Waals surface area contributed by atoms with Crippen LogP contribution in [0.5, 0.6) is 0 Å². The lowest BCUT2D eigenvalue weighted by Gasteiger charge is -2.39. The number of rotatable bonds is 2. The first-order valence-corrected chi connectivity index (χ1v) is 7.03. The van der Waals surface area contributed by atoms with Crippen molar-refractivity contribution in [1.29, 1.82) is 0 Å². The third kappa shape index (κ3) is 2.93. The number of hydrogen-bond acceptors (Lipinski definition) is 2. The van der Waals surface area contributed by atoms with Crippen LogP contribution in [0.1, 0.15) is 38.3 Å². The Hall–Kier alpha value is -0.860. The van der Waals surface area contributed by atoms with Crippen LogP contribution in [-0.2, 0) is 13.0 Å². The summed E-state index contributed by atoms with van der Waals surface area (Å²) in [5, 5.41) is 0. The Bertz CT molecular complexity index is 392. The van der Waals surface area contributed by atoms with Gasteiger partial charge in [0, 0.05) is 19.1 Å². The molecule has 0 aliphatic carbocycles. The smallest absolute Gasteiger partial charge is 0.0270 e. The van der Waals surface area contributed by atoms with Crippen molar-refractivity contribution in [2.24, 2.45) is 11.1 Å². The minimum atomic E-state index is 0.244. The fourth-order valence-corrected chi connectivity index (χ4v) is 3.04. The van der Waals surface area contributed by atoms with Crippen molar-refractivity contribution in [2.75, 3.05) is 13.1 Å². The summed E-state index contributed by atoms with van der Waals surface area (Å²) in [6, 6.07) is 9.30. The Kier molecular flexibility index (Phi) is 4.08. The molecule has 2 rings (SSSR count). The standard InChI is InChI=1S/C16H26N2/c1-16(2,3)15(11-17)18-10-6-9-13-7-4-5-8-14(13)12-18/h4-5,7-8,15H,6,9-12,17H2,1-3H3. The van der Waals surface area contributed by atoms with Crippen LogP contribution in [0.3, 0.4) is 0 Å². The summed E-state index contributed by atoms with van der Waals surface area (Å²) in [6.07, 6.45) is 2.44. The SMILES string of the molecule is CC(C)(C)C(CN)N1CCCc2ccccc2C1. The van der Waals surface area contributed by atoms with Gasteiger partial charge in [-0.3, -0.25) is 4.90 Å². The van der Waals surface area contributed by atoms with Crippen LogP contribution in [0.2, 0.25) is 0 Å². The predicted octanol–water partition coefficient (Wildman–Crippen LogP) is 2.81. The van der Waals surface area contributed by atoms with E-state index in [0.29, 0.717) is 6.04 Å². The van der Waals surface area contributed by atoms with Crippen LogP contribution < -0.4 is 5.73 Å². The topological polar surface area (TPSA) is 29.3 Å². The van der Waals surface area contributed by atoms with Crippen LogP contribution in [0, 0.1) is 5.41 Å². The quantitative estimate of drug-likeness (QED) is 0.869. The van der Waals surface area contributed by atoms with E-state index in [9.17, 15) is 0 Å². The molecular weight excluding hydrogens is 220 g/mol. The van der Waals surface area contributed by atoms with E-state index in [1.165, 1.54) is 24.0 Å². The summed E-state index contributed by atoms with van der Waals surface area (Å²) in [7, 11) is 0. The van der Waals surface area contributed by atoms with E-state index in [1.54, 1.807) is 0 Å². The largest absolute Gasteiger partial charge is 0.329 e. The van der Waals surface area contributed by atoms with Gasteiger partial charge in [0.1, 0.15) is 0 Å². The van der Waals surface area contributed by atoms with E-state index in [1.807, 2.05) is 0 Å². The van der Waals surface area contributed by atoms with Gasteiger partial charge in [-0.15, -0.1) is 0 Å². The molecule has 1 aromatic rings. The third-order valence-corrected chi connectivity index (χ3v) is 4.05. The van der Waals surface area contributed by atoms with Crippen LogP contribution in [-0.4, -0.2) is 24.0 Å². The third-order valence-electron chi connectivity index (χ3n) is 4.05. The maximum Gasteiger partial charge on any atom is 0.0270 e. The van der Waals surface area contributed by atoms with Gasteiger partial charge in [0.2, 0.25) is 0 Å². The van der Waals surface area contributed by atoms with Gasteiger partial charge < -0.3 is 5.73 Å². The van der Waals surface area contributed by atoms with Gasteiger partial charge in [0.25, 0.3) is 0 Å². The van der Waals surface area contributed by atoms with E-state index < -0.39 is 0 Å². The summed E-state index contributed by atoms with van der Waals surface area (Å²) in [6.45, 7) is 9.83. The van der Waals surface area contributed by atoms with Crippen molar-refractivity contribution in [2.45, 2.75) is 46.2 Å². The molecular formula is C16H26N2. The Labute approximate surface area is 111 Å². The van der Waals surface area contributed by atoms with Gasteiger partial charge in [-0.25, -0.2) is 0 Å². The number of fused-ring (bicyclic) bond motifs is 1. The van der Waals surface area contributed by atoms with E-state index in [2.05, 4.69) is 49.9 Å². The molecule has 1 heterocycles. The highest BCUT2D eigenvalue weighted by atomic mass is 15.2. The zero-order chi connectivity index (χ0) is 13.2. The molecule has 1 aliphatic heterocycles. The normalized spacial score (nSPS) is 19.1. The fraction of sp³-hybridized carbons (Fsp3) is 0.625. The molecule has 1 aromatic carbocycles. The lowest BCUT2D eigenvalue weighted by atomic mass is 9.85. The van der Waals surface area contributed by atoms with Crippen molar-refractivity contribution in [1.82, 2.24) is 4.90 Å². The highest BCUT2D eigenvalue weighted by Crippen LogP contribution is 2.28. The van der Waals surface area contributed by atoms with Crippen LogP contribution in [0.25, 0.3) is 0 Å². The number of benzene rings is 1. The first kappa shape index (κ1) is 13.6. The van der Waals surface area contributed by atoms with Gasteiger partial charge in [0.15, 0.2) is 0 Å². The summed E-state index contributed by atoms with van der Waals surface area (Å²) in [5.74, 6) is 0. The van der Waals surface area contributed by atoms with E-state index in [-0.39, 0.29) is 5.41 Å². The summed E-state index contributed by atoms with van der Waals surface area (Å²) in [5.41, 5.74) is 9.27. The Morgan fingerprint density at radius 2 is 1.89 bits per heavy atom. The molecule has 1 atom stereocenters. The second-order valence-corrected chi connectivity index (χ2v) is 6.46. The van der Waals surface area contributed by atoms with Crippen molar-refractivity contribution < 1.29 is 0 Å². The van der Waals surface area contributed by atoms with Gasteiger partial charge in [0.05, 0.1) is 0 Å². The molecule has 1 aliphatic rings. The van der Waals surface area contributed by atoms with Gasteiger partial charge in [-0.05, 0) is 35.9 Å². The fourth-order valence-electron chi connectivity index (χ4n) is 3.04. The zero-order valence-electron chi connectivity index (χ0n) is 11.9. The summed E-state index contributed by atoms with van der Waals surface area (Å²) < 4.78 is 0. The molecule has 2 nitrogen and oxygen atoms in total. The van der Waals surface area contributed by atoms with E-state index in [4.69, 9.17) is 5.73 Å². The minimum Gasteiger partial charge on any atom is -0.329 e. The first-order valence-electron chi connectivity index (χ1n) is 7.03. The Balaban J connectivity index is 2.21. The van der Waals surface area contributed by atoms with Crippen LogP contribution in [0.15, 0.2) is 24.3 Å². The number of hydrogen-bond donors (Lipinski definition) is 1. The molecule has 100 valence electrons. The van der Waals surface area contributed by atoms with Crippen LogP contribution in [0.4, 0.5) is 0 Å². The van der Waals surface area contributed by atoms with Gasteiger partial charge >= 0.3 is 0 Å². The second-order valence-electron chi connectivity index (χ2n) is 6.46. The molecule has 0 radical (unpaired) electrons. The molecule has 0 fully saturated rings. The molecule has 0 bridgehead atoms. The molecule has 2 N–H and O–H groups in total. The molecule has 0 spiro atoms. The number of aryl methyl sites for hydroxylation is 1. The number of nitrogens with two attached hydrogens (primary N) is 1. The maximum atomic E-state index is 6.02. The molecule has 18 heavy (non-hydrogen) atoms. The maximum absolute atomic E-state index is 6.02. The second kappa shape index (κ2) is 5.41. The molecule has 2 heteroatoms. The lowest BCUT2D eigenvalue weighted by molar-refractivity contribution is 0.0991.